The molecule has 0 unspecified atom stereocenters. The van der Waals surface area contributed by atoms with Gasteiger partial charge in [-0.1, -0.05) is 13.8 Å². The summed E-state index contributed by atoms with van der Waals surface area (Å²) in [6, 6.07) is 2.75. The molecule has 1 aliphatic heterocycles. The molecule has 0 aliphatic carbocycles. The molecule has 0 aromatic carbocycles. The number of carbonyl (C=O) groups is 2. The summed E-state index contributed by atoms with van der Waals surface area (Å²) in [5, 5.41) is 8.79. The van der Waals surface area contributed by atoms with Crippen LogP contribution >= 0.6 is 0 Å². The number of amides is 1. The number of aromatic carboxylic acids is 1. The maximum atomic E-state index is 12.2. The maximum Gasteiger partial charge on any atom is 0.371 e. The van der Waals surface area contributed by atoms with Gasteiger partial charge in [0.05, 0.1) is 0 Å². The number of hydrogen-bond acceptors (Lipinski definition) is 3. The lowest BCUT2D eigenvalue weighted by molar-refractivity contribution is 0.0650. The molecule has 1 fully saturated rings. The lowest BCUT2D eigenvalue weighted by Gasteiger charge is -2.22. The molecule has 5 heteroatoms. The van der Waals surface area contributed by atoms with E-state index >= 15 is 0 Å². The van der Waals surface area contributed by atoms with Crippen LogP contribution < -0.4 is 0 Å². The SMILES string of the molecule is CC1(C)CCCN(C(=O)c2ccc(C(=O)O)o2)CC1. The van der Waals surface area contributed by atoms with Crippen molar-refractivity contribution in [1.29, 1.82) is 0 Å². The van der Waals surface area contributed by atoms with Gasteiger partial charge in [-0.15, -0.1) is 0 Å². The number of carbonyl (C=O) groups excluding carboxylic acids is 1. The van der Waals surface area contributed by atoms with Crippen molar-refractivity contribution < 1.29 is 19.1 Å². The third-order valence-corrected chi connectivity index (χ3v) is 3.65. The summed E-state index contributed by atoms with van der Waals surface area (Å²) in [7, 11) is 0. The minimum Gasteiger partial charge on any atom is -0.475 e. The lowest BCUT2D eigenvalue weighted by Crippen LogP contribution is -2.32. The molecule has 1 N–H and O–H groups in total. The molecule has 0 radical (unpaired) electrons. The standard InChI is InChI=1S/C14H19NO4/c1-14(2)6-3-8-15(9-7-14)12(16)10-4-5-11(19-10)13(17)18/h4-5H,3,6-9H2,1-2H3,(H,17,18). The summed E-state index contributed by atoms with van der Waals surface area (Å²) < 4.78 is 5.06. The highest BCUT2D eigenvalue weighted by molar-refractivity contribution is 5.93. The van der Waals surface area contributed by atoms with Gasteiger partial charge in [0.15, 0.2) is 5.76 Å². The third kappa shape index (κ3) is 3.16. The van der Waals surface area contributed by atoms with Crippen LogP contribution in [0.15, 0.2) is 16.5 Å². The fourth-order valence-electron chi connectivity index (χ4n) is 2.35. The van der Waals surface area contributed by atoms with Gasteiger partial charge in [0.1, 0.15) is 0 Å². The van der Waals surface area contributed by atoms with E-state index in [9.17, 15) is 9.59 Å². The molecule has 1 aromatic heterocycles. The van der Waals surface area contributed by atoms with Crippen LogP contribution in [0.2, 0.25) is 0 Å². The monoisotopic (exact) mass is 265 g/mol. The summed E-state index contributed by atoms with van der Waals surface area (Å²) in [4.78, 5) is 24.7. The van der Waals surface area contributed by atoms with Crippen molar-refractivity contribution in [1.82, 2.24) is 4.90 Å². The molecule has 5 nitrogen and oxygen atoms in total. The van der Waals surface area contributed by atoms with Gasteiger partial charge in [-0.2, -0.15) is 0 Å². The number of carboxylic acid groups (broad SMARTS) is 1. The van der Waals surface area contributed by atoms with Crippen molar-refractivity contribution in [3.63, 3.8) is 0 Å². The van der Waals surface area contributed by atoms with Gasteiger partial charge in [0.25, 0.3) is 5.91 Å². The third-order valence-electron chi connectivity index (χ3n) is 3.65. The number of likely N-dealkylation sites (tertiary alicyclic amines) is 1. The minimum atomic E-state index is -1.16. The maximum absolute atomic E-state index is 12.2. The van der Waals surface area contributed by atoms with Crippen molar-refractivity contribution >= 4 is 11.9 Å². The Bertz CT molecular complexity index is 489. The summed E-state index contributed by atoms with van der Waals surface area (Å²) in [6.07, 6.45) is 3.01. The molecule has 1 amide bonds. The molecule has 0 bridgehead atoms. The van der Waals surface area contributed by atoms with Crippen molar-refractivity contribution in [3.8, 4) is 0 Å². The van der Waals surface area contributed by atoms with Crippen molar-refractivity contribution in [2.24, 2.45) is 5.41 Å². The van der Waals surface area contributed by atoms with Gasteiger partial charge in [-0.3, -0.25) is 4.79 Å². The summed E-state index contributed by atoms with van der Waals surface area (Å²) in [6.45, 7) is 5.80. The quantitative estimate of drug-likeness (QED) is 0.892. The Balaban J connectivity index is 2.08. The van der Waals surface area contributed by atoms with Crippen LogP contribution in [0.25, 0.3) is 0 Å². The molecule has 2 heterocycles. The van der Waals surface area contributed by atoms with Crippen LogP contribution in [0.4, 0.5) is 0 Å². The number of furan rings is 1. The molecular formula is C14H19NO4. The molecule has 0 saturated carbocycles. The van der Waals surface area contributed by atoms with Crippen LogP contribution in [-0.2, 0) is 0 Å². The fourth-order valence-corrected chi connectivity index (χ4v) is 2.35. The largest absolute Gasteiger partial charge is 0.475 e. The van der Waals surface area contributed by atoms with Gasteiger partial charge >= 0.3 is 5.97 Å². The van der Waals surface area contributed by atoms with E-state index in [1.54, 1.807) is 4.90 Å². The second-order valence-corrected chi connectivity index (χ2v) is 5.78. The first-order valence-electron chi connectivity index (χ1n) is 6.51. The van der Waals surface area contributed by atoms with E-state index < -0.39 is 5.97 Å². The van der Waals surface area contributed by atoms with Crippen molar-refractivity contribution in [2.45, 2.75) is 33.1 Å². The molecule has 19 heavy (non-hydrogen) atoms. The average Bonchev–Trinajstić information content (AvgIpc) is 2.75. The van der Waals surface area contributed by atoms with Crippen LogP contribution in [0.3, 0.4) is 0 Å². The van der Waals surface area contributed by atoms with Gasteiger partial charge in [-0.25, -0.2) is 4.79 Å². The highest BCUT2D eigenvalue weighted by Crippen LogP contribution is 2.30. The van der Waals surface area contributed by atoms with Crippen LogP contribution in [0.1, 0.15) is 54.2 Å². The normalized spacial score (nSPS) is 18.9. The zero-order valence-corrected chi connectivity index (χ0v) is 11.3. The Morgan fingerprint density at radius 1 is 1.21 bits per heavy atom. The Morgan fingerprint density at radius 3 is 2.53 bits per heavy atom. The lowest BCUT2D eigenvalue weighted by atomic mass is 9.85. The zero-order valence-electron chi connectivity index (χ0n) is 11.3. The minimum absolute atomic E-state index is 0.108. The molecule has 2 rings (SSSR count). The van der Waals surface area contributed by atoms with Gasteiger partial charge in [0, 0.05) is 13.1 Å². The van der Waals surface area contributed by atoms with E-state index in [4.69, 9.17) is 9.52 Å². The first-order valence-corrected chi connectivity index (χ1v) is 6.51. The first-order chi connectivity index (χ1) is 8.89. The number of carboxylic acids is 1. The van der Waals surface area contributed by atoms with E-state index in [-0.39, 0.29) is 22.8 Å². The molecule has 104 valence electrons. The van der Waals surface area contributed by atoms with Crippen LogP contribution in [0, 0.1) is 5.41 Å². The van der Waals surface area contributed by atoms with E-state index in [1.807, 2.05) is 0 Å². The van der Waals surface area contributed by atoms with E-state index in [0.717, 1.165) is 19.3 Å². The van der Waals surface area contributed by atoms with E-state index in [1.165, 1.54) is 12.1 Å². The second-order valence-electron chi connectivity index (χ2n) is 5.78. The molecule has 1 saturated heterocycles. The Morgan fingerprint density at radius 2 is 1.89 bits per heavy atom. The molecule has 1 aromatic rings. The first kappa shape index (κ1) is 13.6. The predicted octanol–water partition coefficient (Wildman–Crippen LogP) is 2.63. The smallest absolute Gasteiger partial charge is 0.371 e. The fraction of sp³-hybridized carbons (Fsp3) is 0.571. The van der Waals surface area contributed by atoms with Crippen LogP contribution in [-0.4, -0.2) is 35.0 Å². The Hall–Kier alpha value is -1.78. The van der Waals surface area contributed by atoms with Gasteiger partial charge in [-0.05, 0) is 36.8 Å². The summed E-state index contributed by atoms with van der Waals surface area (Å²) >= 11 is 0. The zero-order chi connectivity index (χ0) is 14.0. The van der Waals surface area contributed by atoms with E-state index in [2.05, 4.69) is 13.8 Å². The van der Waals surface area contributed by atoms with E-state index in [0.29, 0.717) is 13.1 Å². The van der Waals surface area contributed by atoms with Crippen molar-refractivity contribution in [2.75, 3.05) is 13.1 Å². The Kier molecular flexibility index (Phi) is 3.64. The van der Waals surface area contributed by atoms with Crippen LogP contribution in [0.5, 0.6) is 0 Å². The highest BCUT2D eigenvalue weighted by atomic mass is 16.4. The summed E-state index contributed by atoms with van der Waals surface area (Å²) in [5.41, 5.74) is 0.254. The number of rotatable bonds is 2. The second kappa shape index (κ2) is 5.07. The average molecular weight is 265 g/mol. The van der Waals surface area contributed by atoms with Crippen molar-refractivity contribution in [3.05, 3.63) is 23.7 Å². The molecule has 0 spiro atoms. The van der Waals surface area contributed by atoms with Gasteiger partial charge < -0.3 is 14.4 Å². The summed E-state index contributed by atoms with van der Waals surface area (Å²) in [5.74, 6) is -1.46. The molecule has 1 aliphatic rings. The predicted molar refractivity (Wildman–Crippen MR) is 69.2 cm³/mol. The topological polar surface area (TPSA) is 70.8 Å². The van der Waals surface area contributed by atoms with Gasteiger partial charge in [0.2, 0.25) is 5.76 Å². The molecular weight excluding hydrogens is 246 g/mol. The highest BCUT2D eigenvalue weighted by Gasteiger charge is 2.27. The Labute approximate surface area is 112 Å². The number of hydrogen-bond donors (Lipinski definition) is 1. The molecule has 0 atom stereocenters. The number of nitrogens with zero attached hydrogens (tertiary/aromatic N) is 1.